The average molecular weight is 326 g/mol. The Morgan fingerprint density at radius 2 is 2.11 bits per heavy atom. The molecule has 0 aromatic heterocycles. The molecule has 0 heterocycles. The molecule has 0 spiro atoms. The van der Waals surface area contributed by atoms with Crippen molar-refractivity contribution in [1.29, 1.82) is 0 Å². The average Bonchev–Trinajstić information content (AvgIpc) is 2.39. The maximum atomic E-state index is 12.1. The lowest BCUT2D eigenvalue weighted by Gasteiger charge is -2.29. The first-order chi connectivity index (χ1) is 9.01. The molecular formula is C15H20BrNO2. The van der Waals surface area contributed by atoms with Gasteiger partial charge in [-0.05, 0) is 51.0 Å². The van der Waals surface area contributed by atoms with Gasteiger partial charge in [0.05, 0.1) is 6.61 Å². The predicted octanol–water partition coefficient (Wildman–Crippen LogP) is 4.15. The summed E-state index contributed by atoms with van der Waals surface area (Å²) < 4.78 is 6.16. The van der Waals surface area contributed by atoms with E-state index in [0.29, 0.717) is 13.0 Å². The van der Waals surface area contributed by atoms with E-state index >= 15 is 0 Å². The summed E-state index contributed by atoms with van der Waals surface area (Å²) in [5, 5.41) is 3.26. The van der Waals surface area contributed by atoms with Gasteiger partial charge in [0.25, 0.3) is 0 Å². The number of hydrogen-bond donors (Lipinski definition) is 1. The number of anilines is 1. The van der Waals surface area contributed by atoms with Crippen LogP contribution in [0.3, 0.4) is 0 Å². The third-order valence-electron chi connectivity index (χ3n) is 2.84. The number of allylic oxidation sites excluding steroid dienone is 1. The van der Waals surface area contributed by atoms with Crippen molar-refractivity contribution in [2.24, 2.45) is 0 Å². The number of ether oxygens (including phenoxy) is 1. The van der Waals surface area contributed by atoms with Gasteiger partial charge in [0.15, 0.2) is 0 Å². The highest BCUT2D eigenvalue weighted by atomic mass is 79.9. The summed E-state index contributed by atoms with van der Waals surface area (Å²) in [5.74, 6) is -0.236. The molecule has 1 N–H and O–H groups in total. The normalized spacial score (nSPS) is 13.4. The molecule has 104 valence electrons. The lowest BCUT2D eigenvalue weighted by molar-refractivity contribution is -0.148. The summed E-state index contributed by atoms with van der Waals surface area (Å²) in [6.07, 6.45) is 3.20. The Kier molecular flexibility index (Phi) is 6.09. The topological polar surface area (TPSA) is 38.3 Å². The van der Waals surface area contributed by atoms with E-state index in [1.807, 2.05) is 38.1 Å². The van der Waals surface area contributed by atoms with Gasteiger partial charge in [-0.15, -0.1) is 6.58 Å². The molecule has 1 rings (SSSR count). The van der Waals surface area contributed by atoms with E-state index in [0.717, 1.165) is 16.6 Å². The summed E-state index contributed by atoms with van der Waals surface area (Å²) >= 11 is 3.39. The van der Waals surface area contributed by atoms with Crippen LogP contribution < -0.4 is 5.32 Å². The molecule has 0 bridgehead atoms. The van der Waals surface area contributed by atoms with Crippen molar-refractivity contribution in [2.45, 2.75) is 32.2 Å². The Morgan fingerprint density at radius 3 is 2.63 bits per heavy atom. The molecule has 0 fully saturated rings. The van der Waals surface area contributed by atoms with Crippen LogP contribution in [0.25, 0.3) is 0 Å². The van der Waals surface area contributed by atoms with E-state index in [1.54, 1.807) is 6.08 Å². The third-order valence-corrected chi connectivity index (χ3v) is 3.37. The number of carbonyl (C=O) groups is 1. The number of rotatable bonds is 7. The van der Waals surface area contributed by atoms with E-state index in [4.69, 9.17) is 4.74 Å². The molecule has 0 aliphatic heterocycles. The monoisotopic (exact) mass is 325 g/mol. The molecule has 1 unspecified atom stereocenters. The Hall–Kier alpha value is -1.29. The molecular weight excluding hydrogens is 306 g/mol. The SMILES string of the molecule is C=CCCC(C)(Nc1ccc(Br)cc1)C(=O)OCC. The lowest BCUT2D eigenvalue weighted by Crippen LogP contribution is -2.44. The predicted molar refractivity (Wildman–Crippen MR) is 82.2 cm³/mol. The highest BCUT2D eigenvalue weighted by Crippen LogP contribution is 2.23. The number of nitrogens with one attached hydrogen (secondary N) is 1. The van der Waals surface area contributed by atoms with Gasteiger partial charge in [-0.2, -0.15) is 0 Å². The standard InChI is InChI=1S/C15H20BrNO2/c1-4-6-11-15(3,14(18)19-5-2)17-13-9-7-12(16)8-10-13/h4,7-10,17H,1,5-6,11H2,2-3H3. The first-order valence-corrected chi connectivity index (χ1v) is 7.13. The Labute approximate surface area is 123 Å². The molecule has 0 amide bonds. The van der Waals surface area contributed by atoms with Gasteiger partial charge in [0.2, 0.25) is 0 Å². The Bertz CT molecular complexity index is 430. The molecule has 1 aromatic carbocycles. The van der Waals surface area contributed by atoms with Crippen molar-refractivity contribution >= 4 is 27.6 Å². The minimum absolute atomic E-state index is 0.236. The van der Waals surface area contributed by atoms with Gasteiger partial charge >= 0.3 is 5.97 Å². The maximum Gasteiger partial charge on any atom is 0.331 e. The number of esters is 1. The molecule has 1 atom stereocenters. The van der Waals surface area contributed by atoms with Crippen LogP contribution >= 0.6 is 15.9 Å². The molecule has 0 radical (unpaired) electrons. The first-order valence-electron chi connectivity index (χ1n) is 6.33. The van der Waals surface area contributed by atoms with Crippen molar-refractivity contribution in [2.75, 3.05) is 11.9 Å². The van der Waals surface area contributed by atoms with Crippen LogP contribution in [0.15, 0.2) is 41.4 Å². The Balaban J connectivity index is 2.86. The molecule has 0 saturated heterocycles. The number of hydrogen-bond acceptors (Lipinski definition) is 3. The van der Waals surface area contributed by atoms with Gasteiger partial charge in [-0.1, -0.05) is 22.0 Å². The van der Waals surface area contributed by atoms with Crippen molar-refractivity contribution in [3.8, 4) is 0 Å². The quantitative estimate of drug-likeness (QED) is 0.604. The van der Waals surface area contributed by atoms with Crippen molar-refractivity contribution in [3.63, 3.8) is 0 Å². The highest BCUT2D eigenvalue weighted by Gasteiger charge is 2.33. The van der Waals surface area contributed by atoms with Gasteiger partial charge in [-0.3, -0.25) is 0 Å². The van der Waals surface area contributed by atoms with Crippen molar-refractivity contribution in [1.82, 2.24) is 0 Å². The van der Waals surface area contributed by atoms with E-state index in [1.165, 1.54) is 0 Å². The minimum atomic E-state index is -0.738. The van der Waals surface area contributed by atoms with Crippen LogP contribution in [0, 0.1) is 0 Å². The van der Waals surface area contributed by atoms with Crippen LogP contribution in [-0.2, 0) is 9.53 Å². The van der Waals surface area contributed by atoms with Gasteiger partial charge in [0, 0.05) is 10.2 Å². The fourth-order valence-electron chi connectivity index (χ4n) is 1.75. The van der Waals surface area contributed by atoms with Crippen molar-refractivity contribution < 1.29 is 9.53 Å². The van der Waals surface area contributed by atoms with Gasteiger partial charge < -0.3 is 10.1 Å². The van der Waals surface area contributed by atoms with E-state index in [-0.39, 0.29) is 5.97 Å². The second kappa shape index (κ2) is 7.34. The van der Waals surface area contributed by atoms with E-state index < -0.39 is 5.54 Å². The second-order valence-electron chi connectivity index (χ2n) is 4.51. The largest absolute Gasteiger partial charge is 0.464 e. The fraction of sp³-hybridized carbons (Fsp3) is 0.400. The molecule has 0 aliphatic carbocycles. The molecule has 1 aromatic rings. The van der Waals surface area contributed by atoms with Crippen molar-refractivity contribution in [3.05, 3.63) is 41.4 Å². The van der Waals surface area contributed by atoms with Crippen LogP contribution in [0.4, 0.5) is 5.69 Å². The molecule has 3 nitrogen and oxygen atoms in total. The second-order valence-corrected chi connectivity index (χ2v) is 5.43. The van der Waals surface area contributed by atoms with Crippen LogP contribution in [0.5, 0.6) is 0 Å². The zero-order valence-corrected chi connectivity index (χ0v) is 13.0. The minimum Gasteiger partial charge on any atom is -0.464 e. The maximum absolute atomic E-state index is 12.1. The van der Waals surface area contributed by atoms with Crippen LogP contribution in [0.2, 0.25) is 0 Å². The number of carbonyl (C=O) groups excluding carboxylic acids is 1. The molecule has 0 aliphatic rings. The molecule has 19 heavy (non-hydrogen) atoms. The molecule has 4 heteroatoms. The fourth-order valence-corrected chi connectivity index (χ4v) is 2.01. The zero-order valence-electron chi connectivity index (χ0n) is 11.4. The third kappa shape index (κ3) is 4.71. The summed E-state index contributed by atoms with van der Waals surface area (Å²) in [4.78, 5) is 12.1. The van der Waals surface area contributed by atoms with Gasteiger partial charge in [-0.25, -0.2) is 4.79 Å². The number of halogens is 1. The van der Waals surface area contributed by atoms with Gasteiger partial charge in [0.1, 0.15) is 5.54 Å². The van der Waals surface area contributed by atoms with E-state index in [2.05, 4.69) is 27.8 Å². The smallest absolute Gasteiger partial charge is 0.331 e. The summed E-state index contributed by atoms with van der Waals surface area (Å²) in [7, 11) is 0. The van der Waals surface area contributed by atoms with Crippen LogP contribution in [-0.4, -0.2) is 18.1 Å². The Morgan fingerprint density at radius 1 is 1.47 bits per heavy atom. The highest BCUT2D eigenvalue weighted by molar-refractivity contribution is 9.10. The number of benzene rings is 1. The summed E-state index contributed by atoms with van der Waals surface area (Å²) in [5.41, 5.74) is 0.153. The summed E-state index contributed by atoms with van der Waals surface area (Å²) in [6.45, 7) is 7.75. The summed E-state index contributed by atoms with van der Waals surface area (Å²) in [6, 6.07) is 7.72. The van der Waals surface area contributed by atoms with Crippen LogP contribution in [0.1, 0.15) is 26.7 Å². The zero-order chi connectivity index (χ0) is 14.3. The molecule has 0 saturated carbocycles. The first kappa shape index (κ1) is 15.8. The van der Waals surface area contributed by atoms with E-state index in [9.17, 15) is 4.79 Å². The lowest BCUT2D eigenvalue weighted by atomic mass is 9.95.